The fourth-order valence-electron chi connectivity index (χ4n) is 3.24. The number of carboxylic acid groups (broad SMARTS) is 1. The van der Waals surface area contributed by atoms with Gasteiger partial charge in [0.25, 0.3) is 0 Å². The van der Waals surface area contributed by atoms with Gasteiger partial charge in [-0.2, -0.15) is 5.10 Å². The second-order valence-corrected chi connectivity index (χ2v) is 9.06. The third kappa shape index (κ3) is 5.21. The second-order valence-electron chi connectivity index (χ2n) is 6.96. The molecule has 0 unspecified atom stereocenters. The molecule has 33 heavy (non-hydrogen) atoms. The van der Waals surface area contributed by atoms with Crippen molar-refractivity contribution in [2.45, 2.75) is 0 Å². The molecule has 0 bridgehead atoms. The van der Waals surface area contributed by atoms with Crippen molar-refractivity contribution in [2.24, 2.45) is 0 Å². The molecule has 0 aliphatic carbocycles. The van der Waals surface area contributed by atoms with Crippen molar-refractivity contribution >= 4 is 75.6 Å². The first-order valence-electron chi connectivity index (χ1n) is 9.45. The molecule has 0 radical (unpaired) electrons. The van der Waals surface area contributed by atoms with Crippen LogP contribution < -0.4 is 0 Å². The predicted octanol–water partition coefficient (Wildman–Crippen LogP) is 8.43. The van der Waals surface area contributed by atoms with Crippen LogP contribution in [0.1, 0.15) is 11.3 Å². The van der Waals surface area contributed by atoms with Gasteiger partial charge in [-0.25, -0.2) is 9.48 Å². The molecule has 0 spiro atoms. The number of benzene rings is 3. The van der Waals surface area contributed by atoms with Gasteiger partial charge in [0.15, 0.2) is 0 Å². The van der Waals surface area contributed by atoms with E-state index in [2.05, 4.69) is 5.10 Å². The number of aliphatic carboxylic acids is 1. The summed E-state index contributed by atoms with van der Waals surface area (Å²) < 4.78 is 1.58. The average Bonchev–Trinajstić information content (AvgIpc) is 3.19. The Kier molecular flexibility index (Phi) is 7.03. The molecular weight excluding hydrogens is 526 g/mol. The number of halogens is 5. The highest BCUT2D eigenvalue weighted by atomic mass is 35.5. The molecule has 1 aromatic heterocycles. The second kappa shape index (κ2) is 9.80. The summed E-state index contributed by atoms with van der Waals surface area (Å²) in [5, 5.41) is 16.5. The number of rotatable bonds is 5. The van der Waals surface area contributed by atoms with Gasteiger partial charge in [-0.3, -0.25) is 0 Å². The maximum atomic E-state index is 12.0. The SMILES string of the molecule is O=C(O)C(=Cc1cc(-c2ccc(Cl)c(Cl)c2)n(-c2cc(Cl)ccc2Cl)n1)c1cccc(Cl)c1. The van der Waals surface area contributed by atoms with E-state index in [-0.39, 0.29) is 5.57 Å². The van der Waals surface area contributed by atoms with E-state index in [1.165, 1.54) is 6.08 Å². The summed E-state index contributed by atoms with van der Waals surface area (Å²) in [6.45, 7) is 0. The summed E-state index contributed by atoms with van der Waals surface area (Å²) in [7, 11) is 0. The fourth-order valence-corrected chi connectivity index (χ4v) is 4.09. The lowest BCUT2D eigenvalue weighted by Crippen LogP contribution is -2.01. The van der Waals surface area contributed by atoms with E-state index in [0.29, 0.717) is 53.3 Å². The molecular formula is C24H13Cl5N2O2. The molecule has 166 valence electrons. The first-order valence-corrected chi connectivity index (χ1v) is 11.3. The van der Waals surface area contributed by atoms with E-state index in [1.54, 1.807) is 71.4 Å². The fraction of sp³-hybridized carbons (Fsp3) is 0. The molecule has 0 atom stereocenters. The van der Waals surface area contributed by atoms with Crippen LogP contribution in [0.5, 0.6) is 0 Å². The number of aromatic nitrogens is 2. The van der Waals surface area contributed by atoms with Gasteiger partial charge in [0, 0.05) is 15.6 Å². The van der Waals surface area contributed by atoms with Crippen LogP contribution in [0.2, 0.25) is 25.1 Å². The number of carbonyl (C=O) groups is 1. The van der Waals surface area contributed by atoms with Crippen LogP contribution in [0, 0.1) is 0 Å². The quantitative estimate of drug-likeness (QED) is 0.260. The van der Waals surface area contributed by atoms with Crippen molar-refractivity contribution < 1.29 is 9.90 Å². The lowest BCUT2D eigenvalue weighted by molar-refractivity contribution is -0.130. The summed E-state index contributed by atoms with van der Waals surface area (Å²) in [4.78, 5) is 12.0. The molecule has 4 aromatic rings. The van der Waals surface area contributed by atoms with Gasteiger partial charge < -0.3 is 5.11 Å². The van der Waals surface area contributed by atoms with E-state index in [1.807, 2.05) is 0 Å². The molecule has 1 N–H and O–H groups in total. The number of hydrogen-bond acceptors (Lipinski definition) is 2. The molecule has 1 heterocycles. The maximum absolute atomic E-state index is 12.0. The Morgan fingerprint density at radius 2 is 1.55 bits per heavy atom. The summed E-state index contributed by atoms with van der Waals surface area (Å²) in [6, 6.07) is 18.4. The van der Waals surface area contributed by atoms with Crippen LogP contribution in [0.15, 0.2) is 66.7 Å². The van der Waals surface area contributed by atoms with Crippen molar-refractivity contribution in [1.82, 2.24) is 9.78 Å². The highest BCUT2D eigenvalue weighted by Crippen LogP contribution is 2.34. The summed E-state index contributed by atoms with van der Waals surface area (Å²) in [5.74, 6) is -1.12. The van der Waals surface area contributed by atoms with E-state index in [0.717, 1.165) is 0 Å². The van der Waals surface area contributed by atoms with Gasteiger partial charge in [-0.15, -0.1) is 0 Å². The molecule has 0 aliphatic rings. The molecule has 0 aliphatic heterocycles. The lowest BCUT2D eigenvalue weighted by atomic mass is 10.0. The lowest BCUT2D eigenvalue weighted by Gasteiger charge is -2.10. The zero-order chi connectivity index (χ0) is 23.7. The number of carboxylic acids is 1. The van der Waals surface area contributed by atoms with Gasteiger partial charge >= 0.3 is 5.97 Å². The predicted molar refractivity (Wildman–Crippen MR) is 136 cm³/mol. The Balaban J connectivity index is 1.94. The third-order valence-corrected chi connectivity index (χ3v) is 6.27. The molecule has 0 saturated heterocycles. The molecule has 9 heteroatoms. The van der Waals surface area contributed by atoms with Crippen LogP contribution in [-0.4, -0.2) is 20.9 Å². The van der Waals surface area contributed by atoms with E-state index >= 15 is 0 Å². The van der Waals surface area contributed by atoms with Crippen LogP contribution in [-0.2, 0) is 4.79 Å². The van der Waals surface area contributed by atoms with Crippen molar-refractivity contribution in [2.75, 3.05) is 0 Å². The first-order chi connectivity index (χ1) is 15.7. The molecule has 0 saturated carbocycles. The highest BCUT2D eigenvalue weighted by molar-refractivity contribution is 6.42. The van der Waals surface area contributed by atoms with Crippen molar-refractivity contribution in [3.05, 3.63) is 103 Å². The average molecular weight is 539 g/mol. The normalized spacial score (nSPS) is 11.6. The molecule has 4 nitrogen and oxygen atoms in total. The minimum absolute atomic E-state index is 0.0278. The molecule has 3 aromatic carbocycles. The van der Waals surface area contributed by atoms with E-state index < -0.39 is 5.97 Å². The molecule has 0 amide bonds. The Bertz CT molecular complexity index is 1410. The van der Waals surface area contributed by atoms with Gasteiger partial charge in [0.2, 0.25) is 0 Å². The van der Waals surface area contributed by atoms with E-state index in [4.69, 9.17) is 58.0 Å². The smallest absolute Gasteiger partial charge is 0.336 e. The van der Waals surface area contributed by atoms with Crippen LogP contribution in [0.4, 0.5) is 0 Å². The standard InChI is InChI=1S/C24H13Cl5N2O2/c25-15-3-1-2-13(8-15)18(24(32)33)11-17-12-22(14-4-6-19(27)21(29)9-14)31(30-17)23-10-16(26)5-7-20(23)28/h1-12H,(H,32,33). The van der Waals surface area contributed by atoms with Crippen molar-refractivity contribution in [3.8, 4) is 16.9 Å². The third-order valence-electron chi connectivity index (χ3n) is 4.74. The largest absolute Gasteiger partial charge is 0.478 e. The summed E-state index contributed by atoms with van der Waals surface area (Å²) in [5.41, 5.74) is 2.68. The minimum atomic E-state index is -1.12. The zero-order valence-corrected chi connectivity index (χ0v) is 20.3. The summed E-state index contributed by atoms with van der Waals surface area (Å²) >= 11 is 31.0. The van der Waals surface area contributed by atoms with Crippen molar-refractivity contribution in [1.29, 1.82) is 0 Å². The molecule has 4 rings (SSSR count). The Morgan fingerprint density at radius 3 is 2.24 bits per heavy atom. The van der Waals surface area contributed by atoms with Gasteiger partial charge in [-0.05, 0) is 60.2 Å². The Morgan fingerprint density at radius 1 is 0.818 bits per heavy atom. The monoisotopic (exact) mass is 536 g/mol. The topological polar surface area (TPSA) is 55.1 Å². The van der Waals surface area contributed by atoms with Crippen LogP contribution in [0.3, 0.4) is 0 Å². The van der Waals surface area contributed by atoms with Crippen LogP contribution >= 0.6 is 58.0 Å². The molecule has 0 fully saturated rings. The van der Waals surface area contributed by atoms with Gasteiger partial charge in [0.05, 0.1) is 37.7 Å². The summed E-state index contributed by atoms with van der Waals surface area (Å²) in [6.07, 6.45) is 1.46. The first kappa shape index (κ1) is 23.7. The van der Waals surface area contributed by atoms with E-state index in [9.17, 15) is 9.90 Å². The Labute approximate surface area is 214 Å². The van der Waals surface area contributed by atoms with Gasteiger partial charge in [0.1, 0.15) is 0 Å². The minimum Gasteiger partial charge on any atom is -0.478 e. The highest BCUT2D eigenvalue weighted by Gasteiger charge is 2.17. The Hall–Kier alpha value is -2.47. The zero-order valence-electron chi connectivity index (χ0n) is 16.6. The van der Waals surface area contributed by atoms with Crippen LogP contribution in [0.25, 0.3) is 28.6 Å². The number of hydrogen-bond donors (Lipinski definition) is 1. The maximum Gasteiger partial charge on any atom is 0.336 e. The number of nitrogens with zero attached hydrogens (tertiary/aromatic N) is 2. The van der Waals surface area contributed by atoms with Crippen molar-refractivity contribution in [3.63, 3.8) is 0 Å². The van der Waals surface area contributed by atoms with Gasteiger partial charge in [-0.1, -0.05) is 76.2 Å².